The van der Waals surface area contributed by atoms with Crippen molar-refractivity contribution in [1.29, 1.82) is 0 Å². The van der Waals surface area contributed by atoms with Gasteiger partial charge < -0.3 is 5.73 Å². The normalized spacial score (nSPS) is 13.2. The molecule has 0 spiro atoms. The molecule has 0 aliphatic carbocycles. The van der Waals surface area contributed by atoms with Gasteiger partial charge in [-0.05, 0) is 43.3 Å². The maximum atomic E-state index is 14.5. The third kappa shape index (κ3) is 3.95. The van der Waals surface area contributed by atoms with E-state index in [0.29, 0.717) is 4.90 Å². The summed E-state index contributed by atoms with van der Waals surface area (Å²) in [6, 6.07) is 10.9. The first kappa shape index (κ1) is 18.9. The SMILES string of the molecule is Cc1ccc(S(=O)C(c2cc(N)ncc2F)c2cc(F)ccc2OF)cc1. The Morgan fingerprint density at radius 3 is 2.44 bits per heavy atom. The molecule has 27 heavy (non-hydrogen) atoms. The van der Waals surface area contributed by atoms with Crippen molar-refractivity contribution >= 4 is 16.6 Å². The number of anilines is 1. The fourth-order valence-corrected chi connectivity index (χ4v) is 4.18. The number of hydrogen-bond donors (Lipinski definition) is 1. The van der Waals surface area contributed by atoms with Crippen LogP contribution in [-0.2, 0) is 10.8 Å². The van der Waals surface area contributed by atoms with Crippen molar-refractivity contribution in [3.8, 4) is 5.75 Å². The van der Waals surface area contributed by atoms with Gasteiger partial charge >= 0.3 is 0 Å². The summed E-state index contributed by atoms with van der Waals surface area (Å²) in [7, 11) is -1.91. The third-order valence-electron chi connectivity index (χ3n) is 3.99. The molecule has 0 aliphatic heterocycles. The molecular formula is C19H15F3N2O2S. The monoisotopic (exact) mass is 392 g/mol. The number of hydrogen-bond acceptors (Lipinski definition) is 4. The van der Waals surface area contributed by atoms with Crippen LogP contribution in [0.25, 0.3) is 0 Å². The number of rotatable bonds is 5. The molecule has 3 rings (SSSR count). The van der Waals surface area contributed by atoms with Gasteiger partial charge in [0.25, 0.3) is 0 Å². The first-order valence-corrected chi connectivity index (χ1v) is 9.08. The van der Waals surface area contributed by atoms with Gasteiger partial charge in [-0.3, -0.25) is 9.15 Å². The second kappa shape index (κ2) is 7.79. The third-order valence-corrected chi connectivity index (χ3v) is 5.67. The van der Waals surface area contributed by atoms with Crippen molar-refractivity contribution < 1.29 is 22.5 Å². The van der Waals surface area contributed by atoms with E-state index in [0.717, 1.165) is 30.0 Å². The van der Waals surface area contributed by atoms with Gasteiger partial charge in [-0.25, -0.2) is 13.8 Å². The van der Waals surface area contributed by atoms with Gasteiger partial charge in [-0.1, -0.05) is 17.7 Å². The molecule has 140 valence electrons. The standard InChI is InChI=1S/C19H15F3N2O2S/c1-11-2-5-13(6-3-11)27(25)19(14-9-18(23)24-10-16(14)21)15-8-12(20)4-7-17(15)26-22/h2-10,19H,1H3,(H2,23,24). The highest BCUT2D eigenvalue weighted by atomic mass is 32.2. The average Bonchev–Trinajstić information content (AvgIpc) is 2.65. The van der Waals surface area contributed by atoms with Crippen LogP contribution in [0.1, 0.15) is 21.9 Å². The van der Waals surface area contributed by atoms with E-state index in [1.807, 2.05) is 6.92 Å². The lowest BCUT2D eigenvalue weighted by Gasteiger charge is -2.20. The molecule has 1 heterocycles. The zero-order valence-corrected chi connectivity index (χ0v) is 15.0. The van der Waals surface area contributed by atoms with E-state index in [1.165, 1.54) is 6.07 Å². The minimum Gasteiger partial charge on any atom is -0.384 e. The lowest BCUT2D eigenvalue weighted by atomic mass is 10.0. The van der Waals surface area contributed by atoms with Crippen molar-refractivity contribution in [2.24, 2.45) is 0 Å². The predicted octanol–water partition coefficient (Wildman–Crippen LogP) is 4.41. The summed E-state index contributed by atoms with van der Waals surface area (Å²) in [5.74, 6) is -1.89. The fraction of sp³-hybridized carbons (Fsp3) is 0.105. The molecule has 2 aromatic carbocycles. The fourth-order valence-electron chi connectivity index (χ4n) is 2.67. The number of aromatic nitrogens is 1. The molecule has 0 saturated heterocycles. The van der Waals surface area contributed by atoms with E-state index in [2.05, 4.69) is 9.93 Å². The topological polar surface area (TPSA) is 65.2 Å². The number of benzene rings is 2. The van der Waals surface area contributed by atoms with Crippen molar-refractivity contribution in [2.45, 2.75) is 17.1 Å². The lowest BCUT2D eigenvalue weighted by molar-refractivity contribution is -0.00736. The molecule has 0 fully saturated rings. The summed E-state index contributed by atoms with van der Waals surface area (Å²) >= 11 is 0. The summed E-state index contributed by atoms with van der Waals surface area (Å²) in [6.45, 7) is 1.86. The minimum absolute atomic E-state index is 0.0172. The highest BCUT2D eigenvalue weighted by molar-refractivity contribution is 7.85. The lowest BCUT2D eigenvalue weighted by Crippen LogP contribution is -2.13. The van der Waals surface area contributed by atoms with Gasteiger partial charge in [-0.2, -0.15) is 0 Å². The van der Waals surface area contributed by atoms with Crippen LogP contribution in [0.3, 0.4) is 0 Å². The van der Waals surface area contributed by atoms with Gasteiger partial charge in [-0.15, -0.1) is 0 Å². The van der Waals surface area contributed by atoms with Gasteiger partial charge in [0, 0.05) is 20.5 Å². The van der Waals surface area contributed by atoms with Crippen molar-refractivity contribution in [3.05, 3.63) is 83.1 Å². The summed E-state index contributed by atoms with van der Waals surface area (Å²) in [6.07, 6.45) is 0.874. The maximum absolute atomic E-state index is 14.5. The smallest absolute Gasteiger partial charge is 0.176 e. The average molecular weight is 392 g/mol. The van der Waals surface area contributed by atoms with Gasteiger partial charge in [0.05, 0.1) is 22.2 Å². The number of nitrogens with two attached hydrogens (primary N) is 1. The van der Waals surface area contributed by atoms with E-state index in [9.17, 15) is 17.5 Å². The first-order valence-electron chi connectivity index (χ1n) is 7.87. The molecule has 0 radical (unpaired) electrons. The number of nitrogens with zero attached hydrogens (tertiary/aromatic N) is 1. The second-order valence-corrected chi connectivity index (χ2v) is 7.42. The minimum atomic E-state index is -1.91. The van der Waals surface area contributed by atoms with E-state index in [4.69, 9.17) is 5.73 Å². The van der Waals surface area contributed by atoms with E-state index < -0.39 is 27.7 Å². The van der Waals surface area contributed by atoms with Crippen molar-refractivity contribution in [2.75, 3.05) is 5.73 Å². The molecule has 8 heteroatoms. The molecule has 0 saturated carbocycles. The summed E-state index contributed by atoms with van der Waals surface area (Å²) in [5, 5.41) is -1.26. The zero-order chi connectivity index (χ0) is 19.6. The highest BCUT2D eigenvalue weighted by Crippen LogP contribution is 2.39. The molecule has 3 aromatic rings. The van der Waals surface area contributed by atoms with Crippen LogP contribution in [0.2, 0.25) is 0 Å². The van der Waals surface area contributed by atoms with Crippen molar-refractivity contribution in [3.63, 3.8) is 0 Å². The Hall–Kier alpha value is -2.87. The number of aryl methyl sites for hydroxylation is 1. The van der Waals surface area contributed by atoms with Crippen molar-refractivity contribution in [1.82, 2.24) is 4.98 Å². The van der Waals surface area contributed by atoms with Crippen LogP contribution in [0.4, 0.5) is 19.1 Å². The molecular weight excluding hydrogens is 377 g/mol. The van der Waals surface area contributed by atoms with Gasteiger partial charge in [0.15, 0.2) is 5.75 Å². The molecule has 2 atom stereocenters. The number of halogens is 3. The largest absolute Gasteiger partial charge is 0.384 e. The van der Waals surface area contributed by atoms with Gasteiger partial charge in [0.2, 0.25) is 0 Å². The number of nitrogen functional groups attached to an aromatic ring is 1. The molecule has 0 bridgehead atoms. The molecule has 1 aromatic heterocycles. The Labute approximate surface area is 156 Å². The Bertz CT molecular complexity index is 997. The highest BCUT2D eigenvalue weighted by Gasteiger charge is 2.30. The first-order chi connectivity index (χ1) is 12.9. The van der Waals surface area contributed by atoms with Crippen LogP contribution >= 0.6 is 0 Å². The van der Waals surface area contributed by atoms with Crippen LogP contribution < -0.4 is 10.7 Å². The number of pyridine rings is 1. The van der Waals surface area contributed by atoms with E-state index in [1.54, 1.807) is 24.3 Å². The zero-order valence-electron chi connectivity index (χ0n) is 14.2. The van der Waals surface area contributed by atoms with E-state index >= 15 is 0 Å². The molecule has 4 nitrogen and oxygen atoms in total. The van der Waals surface area contributed by atoms with Crippen LogP contribution in [-0.4, -0.2) is 9.19 Å². The Kier molecular flexibility index (Phi) is 5.46. The summed E-state index contributed by atoms with van der Waals surface area (Å²) < 4.78 is 54.7. The van der Waals surface area contributed by atoms with Crippen LogP contribution in [0.5, 0.6) is 5.75 Å². The molecule has 0 aliphatic rings. The van der Waals surface area contributed by atoms with Crippen LogP contribution in [0.15, 0.2) is 59.6 Å². The molecule has 2 unspecified atom stereocenters. The van der Waals surface area contributed by atoms with Crippen LogP contribution in [0, 0.1) is 18.6 Å². The maximum Gasteiger partial charge on any atom is 0.176 e. The quantitative estimate of drug-likeness (QED) is 0.699. The predicted molar refractivity (Wildman–Crippen MR) is 96.2 cm³/mol. The Morgan fingerprint density at radius 1 is 1.07 bits per heavy atom. The van der Waals surface area contributed by atoms with Gasteiger partial charge in [0.1, 0.15) is 17.5 Å². The second-order valence-electron chi connectivity index (χ2n) is 5.88. The van der Waals surface area contributed by atoms with E-state index in [-0.39, 0.29) is 22.7 Å². The molecule has 2 N–H and O–H groups in total. The summed E-state index contributed by atoms with van der Waals surface area (Å²) in [5.41, 5.74) is 6.37. The Morgan fingerprint density at radius 2 is 1.78 bits per heavy atom. The summed E-state index contributed by atoms with van der Waals surface area (Å²) in [4.78, 5) is 7.81. The molecule has 0 amide bonds. The Balaban J connectivity index is 2.24.